The molecule has 340 valence electrons. The fraction of sp³-hybridized carbons (Fsp3) is 0.469. The van der Waals surface area contributed by atoms with Crippen molar-refractivity contribution in [2.45, 2.75) is 102 Å². The molecule has 6 atom stereocenters. The number of ether oxygens (including phenoxy) is 2. The Morgan fingerprint density at radius 3 is 2.05 bits per heavy atom. The maximum atomic E-state index is 16.7. The molecule has 4 heterocycles. The van der Waals surface area contributed by atoms with E-state index in [1.54, 1.807) is 29.3 Å². The fourth-order valence-corrected chi connectivity index (χ4v) is 11.0. The van der Waals surface area contributed by atoms with Gasteiger partial charge in [0.05, 0.1) is 49.2 Å². The summed E-state index contributed by atoms with van der Waals surface area (Å²) in [5, 5.41) is 5.43. The number of aromatic nitrogens is 4. The van der Waals surface area contributed by atoms with Crippen molar-refractivity contribution in [3.8, 4) is 33.5 Å². The van der Waals surface area contributed by atoms with E-state index in [9.17, 15) is 19.2 Å². The van der Waals surface area contributed by atoms with Gasteiger partial charge >= 0.3 is 12.2 Å². The summed E-state index contributed by atoms with van der Waals surface area (Å²) in [5.41, 5.74) is 4.68. The van der Waals surface area contributed by atoms with Crippen LogP contribution in [0.4, 0.5) is 18.4 Å². The molecule has 16 heteroatoms. The summed E-state index contributed by atoms with van der Waals surface area (Å²) in [6, 6.07) is 13.8. The van der Waals surface area contributed by atoms with Crippen molar-refractivity contribution in [3.63, 3.8) is 0 Å². The van der Waals surface area contributed by atoms with E-state index in [2.05, 4.69) is 20.6 Å². The van der Waals surface area contributed by atoms with Crippen LogP contribution >= 0.6 is 0 Å². The van der Waals surface area contributed by atoms with Gasteiger partial charge in [-0.1, -0.05) is 58.0 Å². The van der Waals surface area contributed by atoms with Gasteiger partial charge in [0.25, 0.3) is 5.92 Å². The molecule has 2 aliphatic heterocycles. The number of benzene rings is 3. The number of H-pyrrole nitrogens is 2. The summed E-state index contributed by atoms with van der Waals surface area (Å²) in [6.45, 7) is 8.09. The van der Waals surface area contributed by atoms with Crippen molar-refractivity contribution in [1.82, 2.24) is 40.4 Å². The third-order valence-electron chi connectivity index (χ3n) is 14.7. The molecule has 1 spiro atoms. The Morgan fingerprint density at radius 2 is 1.40 bits per heavy atom. The van der Waals surface area contributed by atoms with Crippen LogP contribution in [0.3, 0.4) is 0 Å². The lowest BCUT2D eigenvalue weighted by Gasteiger charge is -2.37. The maximum absolute atomic E-state index is 16.7. The molecule has 10 rings (SSSR count). The predicted octanol–water partition coefficient (Wildman–Crippen LogP) is 8.61. The molecule has 5 aliphatic rings. The van der Waals surface area contributed by atoms with Crippen LogP contribution in [-0.2, 0) is 25.0 Å². The molecule has 2 saturated carbocycles. The van der Waals surface area contributed by atoms with Crippen LogP contribution in [-0.4, -0.2) is 92.6 Å². The van der Waals surface area contributed by atoms with Gasteiger partial charge in [0.2, 0.25) is 11.8 Å². The highest BCUT2D eigenvalue weighted by Crippen LogP contribution is 2.59. The number of nitrogens with zero attached hydrogens (tertiary/aromatic N) is 4. The zero-order valence-electron chi connectivity index (χ0n) is 37.3. The lowest BCUT2D eigenvalue weighted by atomic mass is 9.95. The van der Waals surface area contributed by atoms with Crippen molar-refractivity contribution >= 4 is 35.0 Å². The summed E-state index contributed by atoms with van der Waals surface area (Å²) in [5.74, 6) is -2.53. The number of fused-ring (bicyclic) bond motifs is 6. The third kappa shape index (κ3) is 7.19. The standard InChI is InChI=1S/C49H54F2N8O6/c1-24(2)39(56-46(62)64-5)44(60)58-23-48(15-16-48)21-38(58)42-52-22-37(55-42)28-9-13-32-31-12-8-26(18-33(31)49(50,51)34(32)19-28)27-10-14-35-36(20-27)54-43(53-35)41-29-7-11-30(17-29)59(41)45(61)40(25(3)4)57-47(63)65-6/h8-10,12-14,18-20,22,24-25,29-30,38-41H,7,11,15-17,21,23H2,1-6H3,(H,52,55)(H,53,54)(H,56,62)(H,57,63)/t29-,30-,38?,39+,40+,41+/m1/s1. The van der Waals surface area contributed by atoms with E-state index in [4.69, 9.17) is 19.4 Å². The number of carbonyl (C=O) groups is 4. The van der Waals surface area contributed by atoms with E-state index in [-0.39, 0.29) is 64.2 Å². The van der Waals surface area contributed by atoms with Crippen LogP contribution in [0, 0.1) is 23.2 Å². The minimum Gasteiger partial charge on any atom is -0.453 e. The van der Waals surface area contributed by atoms with Crippen LogP contribution in [0.2, 0.25) is 0 Å². The first-order valence-corrected chi connectivity index (χ1v) is 22.6. The highest BCUT2D eigenvalue weighted by atomic mass is 19.3. The van der Waals surface area contributed by atoms with Gasteiger partial charge < -0.3 is 39.9 Å². The zero-order valence-corrected chi connectivity index (χ0v) is 37.3. The first-order valence-electron chi connectivity index (χ1n) is 22.6. The Kier molecular flexibility index (Phi) is 10.3. The minimum absolute atomic E-state index is 0.0102. The smallest absolute Gasteiger partial charge is 0.407 e. The first-order chi connectivity index (χ1) is 31.1. The summed E-state index contributed by atoms with van der Waals surface area (Å²) in [7, 11) is 2.54. The van der Waals surface area contributed by atoms with E-state index in [0.29, 0.717) is 51.7 Å². The number of aromatic amines is 2. The highest BCUT2D eigenvalue weighted by Gasteiger charge is 2.56. The Morgan fingerprint density at radius 1 is 0.785 bits per heavy atom. The number of alkyl halides is 2. The molecule has 5 aromatic rings. The van der Waals surface area contributed by atoms with Crippen LogP contribution in [0.25, 0.3) is 44.5 Å². The quantitative estimate of drug-likeness (QED) is 0.108. The van der Waals surface area contributed by atoms with Gasteiger partial charge in [0.1, 0.15) is 23.7 Å². The number of halogens is 2. The third-order valence-corrected chi connectivity index (χ3v) is 14.7. The van der Waals surface area contributed by atoms with Crippen molar-refractivity contribution in [1.29, 1.82) is 0 Å². The van der Waals surface area contributed by atoms with Crippen molar-refractivity contribution in [2.75, 3.05) is 20.8 Å². The molecule has 14 nitrogen and oxygen atoms in total. The van der Waals surface area contributed by atoms with Crippen LogP contribution in [0.15, 0.2) is 60.8 Å². The monoisotopic (exact) mass is 888 g/mol. The molecular formula is C49H54F2N8O6. The molecule has 3 aromatic carbocycles. The summed E-state index contributed by atoms with van der Waals surface area (Å²) in [6.07, 6.45) is 5.75. The van der Waals surface area contributed by atoms with E-state index < -0.39 is 30.2 Å². The molecule has 3 aliphatic carbocycles. The van der Waals surface area contributed by atoms with Gasteiger partial charge in [-0.05, 0) is 108 Å². The number of rotatable bonds is 10. The number of methoxy groups -OCH3 is 2. The van der Waals surface area contributed by atoms with E-state index >= 15 is 8.78 Å². The summed E-state index contributed by atoms with van der Waals surface area (Å²) >= 11 is 0. The van der Waals surface area contributed by atoms with Crippen LogP contribution in [0.1, 0.15) is 101 Å². The average molecular weight is 889 g/mol. The number of imidazole rings is 2. The number of carbonyl (C=O) groups excluding carboxylic acids is 4. The van der Waals surface area contributed by atoms with E-state index in [1.807, 2.05) is 62.9 Å². The van der Waals surface area contributed by atoms with Gasteiger partial charge in [-0.15, -0.1) is 0 Å². The Labute approximate surface area is 375 Å². The molecular weight excluding hydrogens is 835 g/mol. The molecule has 4 amide bonds. The Bertz CT molecular complexity index is 2740. The molecule has 65 heavy (non-hydrogen) atoms. The van der Waals surface area contributed by atoms with Crippen LogP contribution < -0.4 is 10.6 Å². The normalized spacial score (nSPS) is 22.9. The molecule has 2 aromatic heterocycles. The molecule has 4 fully saturated rings. The SMILES string of the molecule is COC(=O)N[C@H](C(=O)N1CC2(CC2)CC1c1ncc(-c2ccc3c(c2)C(F)(F)c2cc(-c4ccc5nc([C@@H]6[C@@H]7CC[C@H](C7)N6C(=O)[C@@H](NC(=O)OC)C(C)C)[nH]c5c4)ccc2-3)[nH]1)C(C)C. The Balaban J connectivity index is 0.896. The largest absolute Gasteiger partial charge is 0.453 e. The molecule has 2 bridgehead atoms. The number of nitrogens with one attached hydrogen (secondary N) is 4. The molecule has 1 unspecified atom stereocenters. The van der Waals surface area contributed by atoms with Crippen molar-refractivity contribution < 1.29 is 37.4 Å². The highest BCUT2D eigenvalue weighted by molar-refractivity contribution is 5.89. The van der Waals surface area contributed by atoms with Gasteiger partial charge in [-0.25, -0.2) is 19.6 Å². The molecule has 4 N–H and O–H groups in total. The second-order valence-electron chi connectivity index (χ2n) is 19.4. The minimum atomic E-state index is -3.29. The number of hydrogen-bond acceptors (Lipinski definition) is 8. The number of hydrogen-bond donors (Lipinski definition) is 4. The lowest BCUT2D eigenvalue weighted by molar-refractivity contribution is -0.139. The second-order valence-corrected chi connectivity index (χ2v) is 19.4. The second kappa shape index (κ2) is 15.7. The van der Waals surface area contributed by atoms with E-state index in [1.165, 1.54) is 20.3 Å². The van der Waals surface area contributed by atoms with Gasteiger partial charge in [0, 0.05) is 29.3 Å². The topological polar surface area (TPSA) is 175 Å². The molecule has 2 saturated heterocycles. The number of alkyl carbamates (subject to hydrolysis) is 2. The predicted molar refractivity (Wildman–Crippen MR) is 237 cm³/mol. The number of amides is 4. The summed E-state index contributed by atoms with van der Waals surface area (Å²) < 4.78 is 43.0. The van der Waals surface area contributed by atoms with Gasteiger partial charge in [0.15, 0.2) is 0 Å². The lowest BCUT2D eigenvalue weighted by Crippen LogP contribution is -2.54. The van der Waals surface area contributed by atoms with Crippen LogP contribution in [0.5, 0.6) is 0 Å². The van der Waals surface area contributed by atoms with Crippen molar-refractivity contribution in [2.24, 2.45) is 23.2 Å². The van der Waals surface area contributed by atoms with Gasteiger partial charge in [-0.2, -0.15) is 8.78 Å². The maximum Gasteiger partial charge on any atom is 0.407 e. The first kappa shape index (κ1) is 42.6. The Hall–Kier alpha value is -6.32. The fourth-order valence-electron chi connectivity index (χ4n) is 11.0. The number of likely N-dealkylation sites (tertiary alicyclic amines) is 2. The van der Waals surface area contributed by atoms with Gasteiger partial charge in [-0.3, -0.25) is 9.59 Å². The van der Waals surface area contributed by atoms with Crippen molar-refractivity contribution in [3.05, 3.63) is 83.6 Å². The molecule has 0 radical (unpaired) electrons. The zero-order chi connectivity index (χ0) is 45.7. The average Bonchev–Trinajstić information content (AvgIpc) is 3.95. The summed E-state index contributed by atoms with van der Waals surface area (Å²) in [4.78, 5) is 72.6. The number of piperidine rings is 1. The van der Waals surface area contributed by atoms with E-state index in [0.717, 1.165) is 49.6 Å².